The largest absolute Gasteiger partial charge is 0.380 e. The number of halogens is 1. The second-order valence-electron chi connectivity index (χ2n) is 5.10. The van der Waals surface area contributed by atoms with Crippen LogP contribution < -0.4 is 5.32 Å². The Labute approximate surface area is 121 Å². The average molecular weight is 283 g/mol. The van der Waals surface area contributed by atoms with E-state index in [1.165, 1.54) is 12.3 Å². The van der Waals surface area contributed by atoms with Crippen LogP contribution in [0, 0.1) is 11.7 Å². The minimum Gasteiger partial charge on any atom is -0.380 e. The van der Waals surface area contributed by atoms with Gasteiger partial charge in [-0.15, -0.1) is 0 Å². The number of likely N-dealkylation sites (N-methyl/N-ethyl adjacent to an activating group) is 1. The Bertz CT molecular complexity index is 372. The van der Waals surface area contributed by atoms with Crippen molar-refractivity contribution in [2.24, 2.45) is 5.92 Å². The Balaban J connectivity index is 2.54. The maximum absolute atomic E-state index is 12.9. The molecular formula is C15H26FN3O. The first-order chi connectivity index (χ1) is 9.58. The molecule has 0 aliphatic rings. The highest BCUT2D eigenvalue weighted by atomic mass is 19.1. The van der Waals surface area contributed by atoms with Crippen molar-refractivity contribution in [3.8, 4) is 0 Å². The zero-order chi connectivity index (χ0) is 15.0. The van der Waals surface area contributed by atoms with Crippen LogP contribution in [0.4, 0.5) is 4.39 Å². The predicted molar refractivity (Wildman–Crippen MR) is 79.1 cm³/mol. The molecule has 0 saturated carbocycles. The van der Waals surface area contributed by atoms with Gasteiger partial charge in [0.15, 0.2) is 0 Å². The fourth-order valence-electron chi connectivity index (χ4n) is 2.35. The summed E-state index contributed by atoms with van der Waals surface area (Å²) in [5.74, 6) is 0.0645. The second kappa shape index (κ2) is 9.00. The van der Waals surface area contributed by atoms with E-state index in [1.54, 1.807) is 6.07 Å². The quantitative estimate of drug-likeness (QED) is 0.704. The summed E-state index contributed by atoms with van der Waals surface area (Å²) in [6.45, 7) is 7.51. The van der Waals surface area contributed by atoms with Gasteiger partial charge in [-0.25, -0.2) is 4.39 Å². The average Bonchev–Trinajstić information content (AvgIpc) is 2.42. The molecule has 1 rings (SSSR count). The van der Waals surface area contributed by atoms with Crippen LogP contribution in [0.5, 0.6) is 0 Å². The standard InChI is InChI=1S/C15H26FN3O/c1-5-20-9-8-19(4)11-12(2)15(17-3)14-7-6-13(16)10-18-14/h6-7,10,12,15,17H,5,8-9,11H2,1-4H3. The molecule has 2 unspecified atom stereocenters. The number of nitrogens with one attached hydrogen (secondary N) is 1. The first-order valence-electron chi connectivity index (χ1n) is 7.13. The molecule has 2 atom stereocenters. The van der Waals surface area contributed by atoms with E-state index in [9.17, 15) is 4.39 Å². The lowest BCUT2D eigenvalue weighted by Crippen LogP contribution is -2.34. The highest BCUT2D eigenvalue weighted by Gasteiger charge is 2.20. The third-order valence-corrected chi connectivity index (χ3v) is 3.37. The van der Waals surface area contributed by atoms with E-state index >= 15 is 0 Å². The van der Waals surface area contributed by atoms with Crippen molar-refractivity contribution in [1.82, 2.24) is 15.2 Å². The third-order valence-electron chi connectivity index (χ3n) is 3.37. The fraction of sp³-hybridized carbons (Fsp3) is 0.667. The van der Waals surface area contributed by atoms with Crippen LogP contribution in [-0.4, -0.2) is 50.3 Å². The maximum Gasteiger partial charge on any atom is 0.141 e. The van der Waals surface area contributed by atoms with E-state index in [4.69, 9.17) is 4.74 Å². The number of hydrogen-bond donors (Lipinski definition) is 1. The van der Waals surface area contributed by atoms with Gasteiger partial charge in [-0.05, 0) is 39.1 Å². The number of rotatable bonds is 9. The van der Waals surface area contributed by atoms with Gasteiger partial charge < -0.3 is 15.0 Å². The van der Waals surface area contributed by atoms with Crippen molar-refractivity contribution >= 4 is 0 Å². The molecule has 1 N–H and O–H groups in total. The van der Waals surface area contributed by atoms with Crippen LogP contribution in [-0.2, 0) is 4.74 Å². The number of hydrogen-bond acceptors (Lipinski definition) is 4. The van der Waals surface area contributed by atoms with Gasteiger partial charge in [-0.2, -0.15) is 0 Å². The Morgan fingerprint density at radius 2 is 2.20 bits per heavy atom. The number of nitrogens with zero attached hydrogens (tertiary/aromatic N) is 2. The maximum atomic E-state index is 12.9. The van der Waals surface area contributed by atoms with Gasteiger partial charge >= 0.3 is 0 Å². The molecule has 0 fully saturated rings. The molecule has 0 amide bonds. The zero-order valence-electron chi connectivity index (χ0n) is 12.9. The molecule has 5 heteroatoms. The van der Waals surface area contributed by atoms with E-state index < -0.39 is 0 Å². The van der Waals surface area contributed by atoms with Crippen LogP contribution in [0.2, 0.25) is 0 Å². The highest BCUT2D eigenvalue weighted by molar-refractivity contribution is 5.10. The Kier molecular flexibility index (Phi) is 7.65. The highest BCUT2D eigenvalue weighted by Crippen LogP contribution is 2.20. The Morgan fingerprint density at radius 1 is 1.45 bits per heavy atom. The minimum atomic E-state index is -0.301. The van der Waals surface area contributed by atoms with E-state index in [1.807, 2.05) is 14.0 Å². The fourth-order valence-corrected chi connectivity index (χ4v) is 2.35. The first kappa shape index (κ1) is 17.0. The SMILES string of the molecule is CCOCCN(C)CC(C)C(NC)c1ccc(F)cn1. The smallest absolute Gasteiger partial charge is 0.141 e. The van der Waals surface area contributed by atoms with Crippen molar-refractivity contribution in [1.29, 1.82) is 0 Å². The van der Waals surface area contributed by atoms with E-state index in [2.05, 4.69) is 29.2 Å². The molecule has 0 saturated heterocycles. The summed E-state index contributed by atoms with van der Waals surface area (Å²) in [5, 5.41) is 3.27. The van der Waals surface area contributed by atoms with Crippen molar-refractivity contribution in [2.45, 2.75) is 19.9 Å². The molecular weight excluding hydrogens is 257 g/mol. The molecule has 1 aromatic rings. The predicted octanol–water partition coefficient (Wildman–Crippen LogP) is 2.09. The summed E-state index contributed by atoms with van der Waals surface area (Å²) < 4.78 is 18.3. The van der Waals surface area contributed by atoms with Crippen molar-refractivity contribution < 1.29 is 9.13 Å². The van der Waals surface area contributed by atoms with Crippen LogP contribution >= 0.6 is 0 Å². The molecule has 0 aliphatic carbocycles. The zero-order valence-corrected chi connectivity index (χ0v) is 12.9. The molecule has 1 heterocycles. The van der Waals surface area contributed by atoms with Crippen LogP contribution in [0.1, 0.15) is 25.6 Å². The molecule has 114 valence electrons. The summed E-state index contributed by atoms with van der Waals surface area (Å²) in [5.41, 5.74) is 0.875. The molecule has 0 bridgehead atoms. The van der Waals surface area contributed by atoms with Gasteiger partial charge in [-0.3, -0.25) is 4.98 Å². The van der Waals surface area contributed by atoms with Gasteiger partial charge in [0.05, 0.1) is 24.5 Å². The second-order valence-corrected chi connectivity index (χ2v) is 5.10. The van der Waals surface area contributed by atoms with E-state index in [0.717, 1.165) is 32.0 Å². The molecule has 20 heavy (non-hydrogen) atoms. The summed E-state index contributed by atoms with van der Waals surface area (Å²) in [4.78, 5) is 6.42. The van der Waals surface area contributed by atoms with Crippen LogP contribution in [0.15, 0.2) is 18.3 Å². The van der Waals surface area contributed by atoms with Crippen molar-refractivity contribution in [2.75, 3.05) is 40.4 Å². The number of pyridine rings is 1. The lowest BCUT2D eigenvalue weighted by atomic mass is 9.98. The molecule has 0 spiro atoms. The summed E-state index contributed by atoms with van der Waals surface area (Å²) in [7, 11) is 3.99. The summed E-state index contributed by atoms with van der Waals surface area (Å²) in [6, 6.07) is 3.32. The molecule has 4 nitrogen and oxygen atoms in total. The van der Waals surface area contributed by atoms with Crippen molar-refractivity contribution in [3.63, 3.8) is 0 Å². The number of aromatic nitrogens is 1. The topological polar surface area (TPSA) is 37.4 Å². The van der Waals surface area contributed by atoms with E-state index in [0.29, 0.717) is 5.92 Å². The molecule has 1 aromatic heterocycles. The first-order valence-corrected chi connectivity index (χ1v) is 7.13. The Hall–Kier alpha value is -1.04. The van der Waals surface area contributed by atoms with Gasteiger partial charge in [0.25, 0.3) is 0 Å². The van der Waals surface area contributed by atoms with Gasteiger partial charge in [0.1, 0.15) is 5.82 Å². The minimum absolute atomic E-state index is 0.116. The van der Waals surface area contributed by atoms with Crippen LogP contribution in [0.3, 0.4) is 0 Å². The summed E-state index contributed by atoms with van der Waals surface area (Å²) in [6.07, 6.45) is 1.27. The normalized spacial score (nSPS) is 14.5. The summed E-state index contributed by atoms with van der Waals surface area (Å²) >= 11 is 0. The monoisotopic (exact) mass is 283 g/mol. The lowest BCUT2D eigenvalue weighted by molar-refractivity contribution is 0.115. The lowest BCUT2D eigenvalue weighted by Gasteiger charge is -2.27. The van der Waals surface area contributed by atoms with Gasteiger partial charge in [-0.1, -0.05) is 6.92 Å². The third kappa shape index (κ3) is 5.53. The van der Waals surface area contributed by atoms with E-state index in [-0.39, 0.29) is 11.9 Å². The van der Waals surface area contributed by atoms with Crippen LogP contribution in [0.25, 0.3) is 0 Å². The molecule has 0 radical (unpaired) electrons. The van der Waals surface area contributed by atoms with Gasteiger partial charge in [0, 0.05) is 19.7 Å². The molecule has 0 aromatic carbocycles. The Morgan fingerprint density at radius 3 is 2.75 bits per heavy atom. The van der Waals surface area contributed by atoms with Gasteiger partial charge in [0.2, 0.25) is 0 Å². The molecule has 0 aliphatic heterocycles. The number of ether oxygens (including phenoxy) is 1. The van der Waals surface area contributed by atoms with Crippen molar-refractivity contribution in [3.05, 3.63) is 29.8 Å².